The second kappa shape index (κ2) is 10.8. The van der Waals surface area contributed by atoms with Crippen LogP contribution < -0.4 is 5.32 Å². The number of rotatable bonds is 8. The van der Waals surface area contributed by atoms with Crippen molar-refractivity contribution in [3.05, 3.63) is 34.6 Å². The minimum atomic E-state index is -0.385. The van der Waals surface area contributed by atoms with Crippen molar-refractivity contribution >= 4 is 29.9 Å². The Kier molecular flexibility index (Phi) is 10.3. The van der Waals surface area contributed by atoms with Crippen LogP contribution in [0.25, 0.3) is 0 Å². The summed E-state index contributed by atoms with van der Waals surface area (Å²) in [6.07, 6.45) is 0.402. The fourth-order valence-corrected chi connectivity index (χ4v) is 1.97. The monoisotopic (exact) mass is 338 g/mol. The molecule has 7 heteroatoms. The van der Waals surface area contributed by atoms with Crippen LogP contribution in [0.2, 0.25) is 5.02 Å². The van der Waals surface area contributed by atoms with Gasteiger partial charge in [0.2, 0.25) is 5.91 Å². The predicted octanol–water partition coefficient (Wildman–Crippen LogP) is 2.49. The number of halogens is 3. The van der Waals surface area contributed by atoms with Gasteiger partial charge in [-0.3, -0.25) is 4.79 Å². The Morgan fingerprint density at radius 3 is 2.76 bits per heavy atom. The summed E-state index contributed by atoms with van der Waals surface area (Å²) >= 11 is 6.00. The second-order valence-electron chi connectivity index (χ2n) is 4.40. The summed E-state index contributed by atoms with van der Waals surface area (Å²) < 4.78 is 18.0. The van der Waals surface area contributed by atoms with Gasteiger partial charge in [0.1, 0.15) is 5.82 Å². The minimum Gasteiger partial charge on any atom is -0.383 e. The van der Waals surface area contributed by atoms with Crippen LogP contribution in [-0.2, 0) is 16.1 Å². The highest BCUT2D eigenvalue weighted by atomic mass is 35.5. The molecule has 0 fully saturated rings. The summed E-state index contributed by atoms with van der Waals surface area (Å²) in [5.74, 6) is -0.375. The van der Waals surface area contributed by atoms with Gasteiger partial charge in [-0.15, -0.1) is 12.4 Å². The third-order valence-electron chi connectivity index (χ3n) is 2.88. The van der Waals surface area contributed by atoms with Crippen LogP contribution in [0.5, 0.6) is 0 Å². The highest BCUT2D eigenvalue weighted by Gasteiger charge is 2.15. The number of hydrogen-bond donors (Lipinski definition) is 1. The summed E-state index contributed by atoms with van der Waals surface area (Å²) in [6.45, 7) is 1.89. The maximum Gasteiger partial charge on any atom is 0.224 e. The van der Waals surface area contributed by atoms with Gasteiger partial charge < -0.3 is 15.0 Å². The number of methoxy groups -OCH3 is 1. The number of nitrogens with one attached hydrogen (secondary N) is 1. The van der Waals surface area contributed by atoms with Crippen LogP contribution in [-0.4, -0.2) is 44.7 Å². The van der Waals surface area contributed by atoms with Crippen LogP contribution in [0.4, 0.5) is 4.39 Å². The third kappa shape index (κ3) is 7.09. The molecule has 0 aliphatic heterocycles. The van der Waals surface area contributed by atoms with Crippen molar-refractivity contribution in [3.8, 4) is 0 Å². The van der Waals surface area contributed by atoms with E-state index in [9.17, 15) is 9.18 Å². The zero-order valence-corrected chi connectivity index (χ0v) is 13.8. The average Bonchev–Trinajstić information content (AvgIpc) is 2.43. The van der Waals surface area contributed by atoms with Crippen molar-refractivity contribution in [2.75, 3.05) is 33.9 Å². The summed E-state index contributed by atoms with van der Waals surface area (Å²) in [7, 11) is 3.38. The standard InChI is InChI=1S/C14H20ClFN2O2.ClH/c1-17-6-5-14(19)18(7-8-20-2)10-11-3-4-12(16)9-13(11)15;/h3-4,9,17H,5-8,10H2,1-2H3;1H. The maximum absolute atomic E-state index is 13.0. The number of amides is 1. The van der Waals surface area contributed by atoms with Crippen LogP contribution in [0.1, 0.15) is 12.0 Å². The fraction of sp³-hybridized carbons (Fsp3) is 0.500. The maximum atomic E-state index is 13.0. The lowest BCUT2D eigenvalue weighted by Gasteiger charge is -2.23. The van der Waals surface area contributed by atoms with Crippen LogP contribution >= 0.6 is 24.0 Å². The fourth-order valence-electron chi connectivity index (χ4n) is 1.74. The van der Waals surface area contributed by atoms with Gasteiger partial charge in [0.15, 0.2) is 0 Å². The molecule has 1 aromatic carbocycles. The number of carbonyl (C=O) groups excluding carboxylic acids is 1. The van der Waals surface area contributed by atoms with Gasteiger partial charge in [0.25, 0.3) is 0 Å². The van der Waals surface area contributed by atoms with E-state index in [1.54, 1.807) is 25.1 Å². The smallest absolute Gasteiger partial charge is 0.224 e. The Bertz CT molecular complexity index is 447. The Balaban J connectivity index is 0.00000400. The molecule has 0 heterocycles. The molecule has 1 N–H and O–H groups in total. The molecule has 0 unspecified atom stereocenters. The van der Waals surface area contributed by atoms with Crippen LogP contribution in [0, 0.1) is 5.82 Å². The average molecular weight is 339 g/mol. The molecule has 0 aliphatic rings. The largest absolute Gasteiger partial charge is 0.383 e. The molecule has 1 aromatic rings. The molecule has 21 heavy (non-hydrogen) atoms. The lowest BCUT2D eigenvalue weighted by Crippen LogP contribution is -2.35. The van der Waals surface area contributed by atoms with Crippen molar-refractivity contribution in [1.82, 2.24) is 10.2 Å². The third-order valence-corrected chi connectivity index (χ3v) is 3.24. The number of nitrogens with zero attached hydrogens (tertiary/aromatic N) is 1. The van der Waals surface area contributed by atoms with E-state index in [1.165, 1.54) is 12.1 Å². The summed E-state index contributed by atoms with van der Waals surface area (Å²) in [6, 6.07) is 4.19. The first kappa shape index (κ1) is 20.1. The van der Waals surface area contributed by atoms with E-state index < -0.39 is 0 Å². The lowest BCUT2D eigenvalue weighted by atomic mass is 10.2. The van der Waals surface area contributed by atoms with Crippen molar-refractivity contribution < 1.29 is 13.9 Å². The molecule has 0 atom stereocenters. The highest BCUT2D eigenvalue weighted by molar-refractivity contribution is 6.31. The van der Waals surface area contributed by atoms with E-state index in [-0.39, 0.29) is 24.1 Å². The van der Waals surface area contributed by atoms with E-state index in [1.807, 2.05) is 0 Å². The van der Waals surface area contributed by atoms with Gasteiger partial charge in [-0.2, -0.15) is 0 Å². The lowest BCUT2D eigenvalue weighted by molar-refractivity contribution is -0.132. The van der Waals surface area contributed by atoms with E-state index in [0.717, 1.165) is 5.56 Å². The minimum absolute atomic E-state index is 0. The van der Waals surface area contributed by atoms with E-state index in [0.29, 0.717) is 37.7 Å². The number of carbonyl (C=O) groups is 1. The topological polar surface area (TPSA) is 41.6 Å². The zero-order valence-electron chi connectivity index (χ0n) is 12.2. The van der Waals surface area contributed by atoms with Crippen molar-refractivity contribution in [2.45, 2.75) is 13.0 Å². The summed E-state index contributed by atoms with van der Waals surface area (Å²) in [4.78, 5) is 13.8. The summed E-state index contributed by atoms with van der Waals surface area (Å²) in [5, 5.41) is 3.27. The number of benzene rings is 1. The van der Waals surface area contributed by atoms with Crippen LogP contribution in [0.3, 0.4) is 0 Å². The molecule has 1 rings (SSSR count). The second-order valence-corrected chi connectivity index (χ2v) is 4.80. The molecule has 0 spiro atoms. The van der Waals surface area contributed by atoms with Gasteiger partial charge in [0, 0.05) is 38.2 Å². The van der Waals surface area contributed by atoms with Crippen molar-refractivity contribution in [1.29, 1.82) is 0 Å². The van der Waals surface area contributed by atoms with Crippen molar-refractivity contribution in [2.24, 2.45) is 0 Å². The Labute approximate surface area is 136 Å². The van der Waals surface area contributed by atoms with Gasteiger partial charge in [-0.25, -0.2) is 4.39 Å². The molecule has 0 bridgehead atoms. The predicted molar refractivity (Wildman–Crippen MR) is 84.5 cm³/mol. The van der Waals surface area contributed by atoms with Crippen LogP contribution in [0.15, 0.2) is 18.2 Å². The first-order valence-corrected chi connectivity index (χ1v) is 6.81. The highest BCUT2D eigenvalue weighted by Crippen LogP contribution is 2.19. The molecule has 1 amide bonds. The molecule has 120 valence electrons. The normalized spacial score (nSPS) is 10.1. The first-order chi connectivity index (χ1) is 9.58. The zero-order chi connectivity index (χ0) is 15.0. The molecular formula is C14H21Cl2FN2O2. The Hall–Kier alpha value is -0.880. The SMILES string of the molecule is CNCCC(=O)N(CCOC)Cc1ccc(F)cc1Cl.Cl. The summed E-state index contributed by atoms with van der Waals surface area (Å²) in [5.41, 5.74) is 0.724. The van der Waals surface area contributed by atoms with Gasteiger partial charge in [0.05, 0.1) is 6.61 Å². The quantitative estimate of drug-likeness (QED) is 0.791. The number of hydrogen-bond acceptors (Lipinski definition) is 3. The molecule has 0 saturated carbocycles. The van der Waals surface area contributed by atoms with Gasteiger partial charge in [-0.1, -0.05) is 17.7 Å². The Morgan fingerprint density at radius 1 is 1.48 bits per heavy atom. The van der Waals surface area contributed by atoms with Crippen molar-refractivity contribution in [3.63, 3.8) is 0 Å². The van der Waals surface area contributed by atoms with E-state index in [4.69, 9.17) is 16.3 Å². The van der Waals surface area contributed by atoms with E-state index in [2.05, 4.69) is 5.32 Å². The Morgan fingerprint density at radius 2 is 2.19 bits per heavy atom. The molecule has 0 aromatic heterocycles. The molecule has 0 aliphatic carbocycles. The number of ether oxygens (including phenoxy) is 1. The molecule has 4 nitrogen and oxygen atoms in total. The molecule has 0 radical (unpaired) electrons. The first-order valence-electron chi connectivity index (χ1n) is 6.43. The molecule has 0 saturated heterocycles. The van der Waals surface area contributed by atoms with E-state index >= 15 is 0 Å². The van der Waals surface area contributed by atoms with Gasteiger partial charge in [-0.05, 0) is 24.7 Å². The van der Waals surface area contributed by atoms with Gasteiger partial charge >= 0.3 is 0 Å². The molecular weight excluding hydrogens is 318 g/mol.